The fourth-order valence-electron chi connectivity index (χ4n) is 5.36. The number of benzene rings is 2. The van der Waals surface area contributed by atoms with E-state index in [9.17, 15) is 10.2 Å². The largest absolute Gasteiger partial charge is 0.496 e. The van der Waals surface area contributed by atoms with Gasteiger partial charge in [-0.25, -0.2) is 0 Å². The molecule has 2 fully saturated rings. The average Bonchev–Trinajstić information content (AvgIpc) is 3.55. The summed E-state index contributed by atoms with van der Waals surface area (Å²) >= 11 is 0. The molecule has 0 aromatic heterocycles. The summed E-state index contributed by atoms with van der Waals surface area (Å²) in [6.07, 6.45) is 7.44. The molecular weight excluding hydrogens is 452 g/mol. The second-order valence-electron chi connectivity index (χ2n) is 9.52. The van der Waals surface area contributed by atoms with Gasteiger partial charge in [-0.2, -0.15) is 0 Å². The Balaban J connectivity index is 0.000000201. The standard InChI is InChI=1S/2C15H21NO2/c2*1-3-16-14(15(17)10-6-7-11-15)12-8-4-5-9-13(12)18-2/h2*4-5,8-9,17H,3,6-7,10-11H2,1-2H3. The molecule has 4 rings (SSSR count). The molecule has 0 spiro atoms. The van der Waals surface area contributed by atoms with Crippen LogP contribution in [0.1, 0.15) is 76.3 Å². The molecule has 0 radical (unpaired) electrons. The van der Waals surface area contributed by atoms with Crippen molar-refractivity contribution in [2.24, 2.45) is 9.98 Å². The molecule has 2 N–H and O–H groups in total. The first kappa shape index (κ1) is 27.9. The number of ether oxygens (including phenoxy) is 2. The predicted octanol–water partition coefficient (Wildman–Crippen LogP) is 5.62. The lowest BCUT2D eigenvalue weighted by Gasteiger charge is -2.26. The van der Waals surface area contributed by atoms with Crippen LogP contribution in [0.2, 0.25) is 0 Å². The maximum atomic E-state index is 10.8. The van der Waals surface area contributed by atoms with Crippen LogP contribution in [0, 0.1) is 0 Å². The van der Waals surface area contributed by atoms with Gasteiger partial charge in [0.25, 0.3) is 0 Å². The Kier molecular flexibility index (Phi) is 10.1. The molecule has 36 heavy (non-hydrogen) atoms. The van der Waals surface area contributed by atoms with Crippen LogP contribution in [0.4, 0.5) is 0 Å². The van der Waals surface area contributed by atoms with Crippen LogP contribution in [-0.2, 0) is 0 Å². The first-order valence-electron chi connectivity index (χ1n) is 13.2. The molecule has 2 saturated carbocycles. The van der Waals surface area contributed by atoms with E-state index in [1.807, 2.05) is 62.4 Å². The summed E-state index contributed by atoms with van der Waals surface area (Å²) in [7, 11) is 3.31. The van der Waals surface area contributed by atoms with Gasteiger partial charge in [0, 0.05) is 24.2 Å². The third-order valence-electron chi connectivity index (χ3n) is 7.10. The van der Waals surface area contributed by atoms with Crippen LogP contribution < -0.4 is 9.47 Å². The Labute approximate surface area is 216 Å². The maximum absolute atomic E-state index is 10.8. The van der Waals surface area contributed by atoms with Crippen molar-refractivity contribution in [3.63, 3.8) is 0 Å². The van der Waals surface area contributed by atoms with E-state index in [0.29, 0.717) is 13.1 Å². The smallest absolute Gasteiger partial charge is 0.128 e. The highest BCUT2D eigenvalue weighted by Crippen LogP contribution is 2.36. The van der Waals surface area contributed by atoms with E-state index < -0.39 is 11.2 Å². The second-order valence-corrected chi connectivity index (χ2v) is 9.52. The van der Waals surface area contributed by atoms with E-state index in [1.54, 1.807) is 14.2 Å². The van der Waals surface area contributed by atoms with Gasteiger partial charge in [-0.1, -0.05) is 49.9 Å². The lowest BCUT2D eigenvalue weighted by molar-refractivity contribution is 0.120. The Bertz CT molecular complexity index is 951. The van der Waals surface area contributed by atoms with Crippen molar-refractivity contribution in [3.8, 4) is 11.5 Å². The molecule has 2 aliphatic carbocycles. The third kappa shape index (κ3) is 6.34. The van der Waals surface area contributed by atoms with Crippen molar-refractivity contribution in [1.29, 1.82) is 0 Å². The average molecular weight is 495 g/mol. The van der Waals surface area contributed by atoms with E-state index in [0.717, 1.165) is 85.4 Å². The topological polar surface area (TPSA) is 83.6 Å². The molecule has 0 saturated heterocycles. The van der Waals surface area contributed by atoms with Gasteiger partial charge in [0.2, 0.25) is 0 Å². The van der Waals surface area contributed by atoms with E-state index >= 15 is 0 Å². The molecule has 6 nitrogen and oxygen atoms in total. The fraction of sp³-hybridized carbons (Fsp3) is 0.533. The second kappa shape index (κ2) is 13.0. The number of rotatable bonds is 8. The minimum Gasteiger partial charge on any atom is -0.496 e. The summed E-state index contributed by atoms with van der Waals surface area (Å²) in [6.45, 7) is 5.34. The molecule has 0 amide bonds. The zero-order chi connectivity index (χ0) is 26.0. The minimum absolute atomic E-state index is 0.676. The molecule has 0 bridgehead atoms. The quantitative estimate of drug-likeness (QED) is 0.467. The van der Waals surface area contributed by atoms with Crippen molar-refractivity contribution < 1.29 is 19.7 Å². The summed E-state index contributed by atoms with van der Waals surface area (Å²) in [6, 6.07) is 15.6. The maximum Gasteiger partial charge on any atom is 0.128 e. The zero-order valence-corrected chi connectivity index (χ0v) is 22.3. The Morgan fingerprint density at radius 1 is 0.667 bits per heavy atom. The Morgan fingerprint density at radius 2 is 1.00 bits per heavy atom. The van der Waals surface area contributed by atoms with Crippen molar-refractivity contribution >= 4 is 11.4 Å². The van der Waals surface area contributed by atoms with Crippen LogP contribution in [0.5, 0.6) is 11.5 Å². The van der Waals surface area contributed by atoms with Gasteiger partial charge >= 0.3 is 0 Å². The highest BCUT2D eigenvalue weighted by molar-refractivity contribution is 6.09. The van der Waals surface area contributed by atoms with Crippen molar-refractivity contribution in [2.75, 3.05) is 27.3 Å². The zero-order valence-electron chi connectivity index (χ0n) is 22.3. The summed E-state index contributed by atoms with van der Waals surface area (Å²) in [5.74, 6) is 1.56. The summed E-state index contributed by atoms with van der Waals surface area (Å²) in [5.41, 5.74) is 1.88. The van der Waals surface area contributed by atoms with Crippen LogP contribution >= 0.6 is 0 Å². The SMILES string of the molecule is CCN=C(c1ccccc1OC)C1(O)CCCC1.CCN=C(c1ccccc1OC)C1(O)CCCC1. The highest BCUT2D eigenvalue weighted by atomic mass is 16.5. The van der Waals surface area contributed by atoms with Crippen molar-refractivity contribution in [2.45, 2.75) is 76.4 Å². The van der Waals surface area contributed by atoms with Gasteiger partial charge in [-0.05, 0) is 63.8 Å². The molecule has 0 atom stereocenters. The van der Waals surface area contributed by atoms with Gasteiger partial charge in [-0.15, -0.1) is 0 Å². The van der Waals surface area contributed by atoms with Crippen molar-refractivity contribution in [3.05, 3.63) is 59.7 Å². The number of aliphatic imine (C=N–C) groups is 2. The first-order valence-corrected chi connectivity index (χ1v) is 13.2. The van der Waals surface area contributed by atoms with E-state index in [4.69, 9.17) is 9.47 Å². The van der Waals surface area contributed by atoms with Crippen LogP contribution in [-0.4, -0.2) is 60.1 Å². The molecular formula is C30H42N2O4. The predicted molar refractivity (Wildman–Crippen MR) is 147 cm³/mol. The van der Waals surface area contributed by atoms with Crippen molar-refractivity contribution in [1.82, 2.24) is 0 Å². The molecule has 2 aromatic rings. The highest BCUT2D eigenvalue weighted by Gasteiger charge is 2.39. The van der Waals surface area contributed by atoms with Gasteiger partial charge < -0.3 is 19.7 Å². The molecule has 2 aromatic carbocycles. The lowest BCUT2D eigenvalue weighted by Crippen LogP contribution is -2.36. The molecule has 196 valence electrons. The monoisotopic (exact) mass is 494 g/mol. The number of aliphatic hydroxyl groups is 2. The number of methoxy groups -OCH3 is 2. The molecule has 2 aliphatic rings. The fourth-order valence-corrected chi connectivity index (χ4v) is 5.36. The van der Waals surface area contributed by atoms with E-state index in [-0.39, 0.29) is 0 Å². The van der Waals surface area contributed by atoms with Crippen LogP contribution in [0.15, 0.2) is 58.5 Å². The number of hydrogen-bond acceptors (Lipinski definition) is 6. The van der Waals surface area contributed by atoms with Gasteiger partial charge in [0.1, 0.15) is 22.7 Å². The van der Waals surface area contributed by atoms with Gasteiger partial charge in [0.15, 0.2) is 0 Å². The normalized spacial score (nSPS) is 18.9. The summed E-state index contributed by atoms with van der Waals surface area (Å²) < 4.78 is 10.8. The first-order chi connectivity index (χ1) is 17.4. The summed E-state index contributed by atoms with van der Waals surface area (Å²) in [4.78, 5) is 9.09. The molecule has 0 aliphatic heterocycles. The lowest BCUT2D eigenvalue weighted by atomic mass is 9.89. The van der Waals surface area contributed by atoms with Gasteiger partial charge in [0.05, 0.1) is 25.6 Å². The number of hydrogen-bond donors (Lipinski definition) is 2. The van der Waals surface area contributed by atoms with E-state index in [1.165, 1.54) is 0 Å². The van der Waals surface area contributed by atoms with Crippen LogP contribution in [0.25, 0.3) is 0 Å². The van der Waals surface area contributed by atoms with E-state index in [2.05, 4.69) is 9.98 Å². The Morgan fingerprint density at radius 3 is 1.31 bits per heavy atom. The van der Waals surface area contributed by atoms with Gasteiger partial charge in [-0.3, -0.25) is 9.98 Å². The Hall–Kier alpha value is -2.70. The molecule has 0 heterocycles. The van der Waals surface area contributed by atoms with Crippen LogP contribution in [0.3, 0.4) is 0 Å². The minimum atomic E-state index is -0.773. The molecule has 6 heteroatoms. The number of para-hydroxylation sites is 2. The summed E-state index contributed by atoms with van der Waals surface area (Å²) in [5, 5.41) is 21.5. The third-order valence-corrected chi connectivity index (χ3v) is 7.10. The molecule has 0 unspecified atom stereocenters. The number of nitrogens with zero attached hydrogens (tertiary/aromatic N) is 2.